The third-order valence-electron chi connectivity index (χ3n) is 4.50. The Morgan fingerprint density at radius 3 is 2.83 bits per heavy atom. The maximum Gasteiger partial charge on any atom is 0.237 e. The molecule has 0 aliphatic carbocycles. The summed E-state index contributed by atoms with van der Waals surface area (Å²) >= 11 is 0. The number of hydrogen-bond acceptors (Lipinski definition) is 3. The number of likely N-dealkylation sites (tertiary alicyclic amines) is 1. The number of carbonyl (C=O) groups is 1. The molecule has 1 saturated heterocycles. The summed E-state index contributed by atoms with van der Waals surface area (Å²) < 4.78 is 1.82. The maximum atomic E-state index is 12.4. The zero-order chi connectivity index (χ0) is 16.1. The first kappa shape index (κ1) is 15.7. The summed E-state index contributed by atoms with van der Waals surface area (Å²) in [5.41, 5.74) is 2.12. The van der Waals surface area contributed by atoms with Crippen molar-refractivity contribution in [3.8, 4) is 5.69 Å². The van der Waals surface area contributed by atoms with E-state index >= 15 is 0 Å². The molecule has 1 aliphatic rings. The van der Waals surface area contributed by atoms with Crippen molar-refractivity contribution in [2.75, 3.05) is 13.6 Å². The molecular weight excluding hydrogens is 288 g/mol. The van der Waals surface area contributed by atoms with Gasteiger partial charge in [-0.05, 0) is 50.2 Å². The van der Waals surface area contributed by atoms with E-state index in [-0.39, 0.29) is 11.9 Å². The van der Waals surface area contributed by atoms with Crippen LogP contribution in [0.15, 0.2) is 42.7 Å². The van der Waals surface area contributed by atoms with Gasteiger partial charge in [0.2, 0.25) is 5.91 Å². The number of hydrogen-bond donors (Lipinski definition) is 1. The molecule has 0 radical (unpaired) electrons. The molecule has 0 saturated carbocycles. The Balaban J connectivity index is 1.56. The molecule has 3 rings (SSSR count). The SMILES string of the molecule is CN1CCCCC[C@@H]1C(=O)NCc1ccc(-n2cccn2)cc1. The number of nitrogens with zero attached hydrogens (tertiary/aromatic N) is 3. The van der Waals surface area contributed by atoms with Crippen LogP contribution < -0.4 is 5.32 Å². The minimum Gasteiger partial charge on any atom is -0.351 e. The van der Waals surface area contributed by atoms with Gasteiger partial charge < -0.3 is 5.32 Å². The zero-order valence-electron chi connectivity index (χ0n) is 13.6. The summed E-state index contributed by atoms with van der Waals surface area (Å²) in [4.78, 5) is 14.6. The van der Waals surface area contributed by atoms with Gasteiger partial charge in [0.15, 0.2) is 0 Å². The van der Waals surface area contributed by atoms with Crippen LogP contribution in [0.25, 0.3) is 5.69 Å². The summed E-state index contributed by atoms with van der Waals surface area (Å²) in [7, 11) is 2.05. The lowest BCUT2D eigenvalue weighted by Gasteiger charge is -2.24. The number of carbonyl (C=O) groups excluding carboxylic acids is 1. The van der Waals surface area contributed by atoms with Crippen molar-refractivity contribution in [1.29, 1.82) is 0 Å². The summed E-state index contributed by atoms with van der Waals surface area (Å²) in [6.45, 7) is 1.58. The van der Waals surface area contributed by atoms with Crippen LogP contribution >= 0.6 is 0 Å². The number of likely N-dealkylation sites (N-methyl/N-ethyl adjacent to an activating group) is 1. The van der Waals surface area contributed by atoms with E-state index in [9.17, 15) is 4.79 Å². The van der Waals surface area contributed by atoms with Gasteiger partial charge in [0.05, 0.1) is 11.7 Å². The largest absolute Gasteiger partial charge is 0.351 e. The molecule has 1 fully saturated rings. The summed E-state index contributed by atoms with van der Waals surface area (Å²) in [6, 6.07) is 10.0. The van der Waals surface area contributed by atoms with E-state index in [4.69, 9.17) is 0 Å². The van der Waals surface area contributed by atoms with Crippen LogP contribution in [-0.4, -0.2) is 40.2 Å². The lowest BCUT2D eigenvalue weighted by Crippen LogP contribution is -2.44. The zero-order valence-corrected chi connectivity index (χ0v) is 13.6. The Labute approximate surface area is 137 Å². The van der Waals surface area contributed by atoms with E-state index in [1.807, 2.05) is 41.2 Å². The second-order valence-electron chi connectivity index (χ2n) is 6.18. The van der Waals surface area contributed by atoms with E-state index in [1.165, 1.54) is 12.8 Å². The van der Waals surface area contributed by atoms with Gasteiger partial charge in [0.25, 0.3) is 0 Å². The highest BCUT2D eigenvalue weighted by Crippen LogP contribution is 2.15. The van der Waals surface area contributed by atoms with Crippen LogP contribution in [0.4, 0.5) is 0 Å². The van der Waals surface area contributed by atoms with Crippen molar-refractivity contribution in [3.05, 3.63) is 48.3 Å². The second-order valence-corrected chi connectivity index (χ2v) is 6.18. The van der Waals surface area contributed by atoms with Crippen LogP contribution in [0.3, 0.4) is 0 Å². The van der Waals surface area contributed by atoms with E-state index in [0.717, 1.165) is 30.6 Å². The fraction of sp³-hybridized carbons (Fsp3) is 0.444. The maximum absolute atomic E-state index is 12.4. The van der Waals surface area contributed by atoms with Crippen LogP contribution in [0.1, 0.15) is 31.2 Å². The molecule has 1 amide bonds. The molecule has 2 aromatic rings. The summed E-state index contributed by atoms with van der Waals surface area (Å²) in [5, 5.41) is 7.29. The molecule has 23 heavy (non-hydrogen) atoms. The molecule has 0 bridgehead atoms. The first-order chi connectivity index (χ1) is 11.2. The van der Waals surface area contributed by atoms with Crippen molar-refractivity contribution in [2.24, 2.45) is 0 Å². The lowest BCUT2D eigenvalue weighted by atomic mass is 10.1. The van der Waals surface area contributed by atoms with Crippen LogP contribution in [-0.2, 0) is 11.3 Å². The molecule has 2 heterocycles. The highest BCUT2D eigenvalue weighted by atomic mass is 16.2. The van der Waals surface area contributed by atoms with Crippen LogP contribution in [0.5, 0.6) is 0 Å². The Bertz CT molecular complexity index is 621. The fourth-order valence-corrected chi connectivity index (χ4v) is 3.08. The minimum absolute atomic E-state index is 0.0147. The average Bonchev–Trinajstić information content (AvgIpc) is 3.02. The molecule has 1 N–H and O–H groups in total. The third-order valence-corrected chi connectivity index (χ3v) is 4.50. The van der Waals surface area contributed by atoms with Crippen molar-refractivity contribution >= 4 is 5.91 Å². The van der Waals surface area contributed by atoms with Gasteiger partial charge in [-0.15, -0.1) is 0 Å². The first-order valence-electron chi connectivity index (χ1n) is 8.31. The molecule has 5 heteroatoms. The van der Waals surface area contributed by atoms with Crippen LogP contribution in [0, 0.1) is 0 Å². The van der Waals surface area contributed by atoms with Crippen molar-refractivity contribution in [1.82, 2.24) is 20.0 Å². The standard InChI is InChI=1S/C18H24N4O/c1-21-12-4-2-3-6-17(21)18(23)19-14-15-7-9-16(10-8-15)22-13-5-11-20-22/h5,7-11,13,17H,2-4,6,12,14H2,1H3,(H,19,23)/t17-/m1/s1. The minimum atomic E-state index is 0.0147. The van der Waals surface area contributed by atoms with Crippen molar-refractivity contribution in [3.63, 3.8) is 0 Å². The molecule has 5 nitrogen and oxygen atoms in total. The van der Waals surface area contributed by atoms with Gasteiger partial charge in [-0.1, -0.05) is 25.0 Å². The Kier molecular flexibility index (Phi) is 5.08. The van der Waals surface area contributed by atoms with Gasteiger partial charge in [-0.3, -0.25) is 9.69 Å². The number of benzene rings is 1. The van der Waals surface area contributed by atoms with Crippen molar-refractivity contribution < 1.29 is 4.79 Å². The fourth-order valence-electron chi connectivity index (χ4n) is 3.08. The normalized spacial score (nSPS) is 19.3. The average molecular weight is 312 g/mol. The van der Waals surface area contributed by atoms with Gasteiger partial charge in [0, 0.05) is 18.9 Å². The molecule has 0 spiro atoms. The quantitative estimate of drug-likeness (QED) is 0.943. The summed E-state index contributed by atoms with van der Waals surface area (Å²) in [5.74, 6) is 0.144. The predicted octanol–water partition coefficient (Wildman–Crippen LogP) is 2.36. The second kappa shape index (κ2) is 7.42. The predicted molar refractivity (Wildman–Crippen MR) is 90.3 cm³/mol. The van der Waals surface area contributed by atoms with Gasteiger partial charge in [-0.25, -0.2) is 4.68 Å². The number of aromatic nitrogens is 2. The lowest BCUT2D eigenvalue weighted by molar-refractivity contribution is -0.126. The molecular formula is C18H24N4O. The first-order valence-corrected chi connectivity index (χ1v) is 8.31. The van der Waals surface area contributed by atoms with Gasteiger partial charge in [-0.2, -0.15) is 5.10 Å². The Hall–Kier alpha value is -2.14. The highest BCUT2D eigenvalue weighted by molar-refractivity contribution is 5.81. The number of rotatable bonds is 4. The topological polar surface area (TPSA) is 50.2 Å². The van der Waals surface area contributed by atoms with Crippen molar-refractivity contribution in [2.45, 2.75) is 38.3 Å². The molecule has 0 unspecified atom stereocenters. The third kappa shape index (κ3) is 3.99. The van der Waals surface area contributed by atoms with E-state index in [0.29, 0.717) is 6.54 Å². The molecule has 1 atom stereocenters. The number of nitrogens with one attached hydrogen (secondary N) is 1. The molecule has 1 aromatic heterocycles. The van der Waals surface area contributed by atoms with Gasteiger partial charge >= 0.3 is 0 Å². The molecule has 122 valence electrons. The molecule has 1 aromatic carbocycles. The van der Waals surface area contributed by atoms with E-state index in [2.05, 4.69) is 22.4 Å². The summed E-state index contributed by atoms with van der Waals surface area (Å²) in [6.07, 6.45) is 8.19. The molecule has 1 aliphatic heterocycles. The van der Waals surface area contributed by atoms with Crippen LogP contribution in [0.2, 0.25) is 0 Å². The monoisotopic (exact) mass is 312 g/mol. The van der Waals surface area contributed by atoms with E-state index in [1.54, 1.807) is 6.20 Å². The highest BCUT2D eigenvalue weighted by Gasteiger charge is 2.24. The smallest absolute Gasteiger partial charge is 0.237 e. The Morgan fingerprint density at radius 1 is 1.26 bits per heavy atom. The van der Waals surface area contributed by atoms with Gasteiger partial charge in [0.1, 0.15) is 0 Å². The van der Waals surface area contributed by atoms with E-state index < -0.39 is 0 Å². The Morgan fingerprint density at radius 2 is 2.09 bits per heavy atom. The number of amides is 1.